The molecule has 3 aromatic rings. The van der Waals surface area contributed by atoms with Crippen LogP contribution in [0, 0.1) is 17.2 Å². The second-order valence-corrected chi connectivity index (χ2v) is 12.6. The molecule has 4 heterocycles. The number of piperazine rings is 1. The molecule has 0 saturated carbocycles. The first-order valence-corrected chi connectivity index (χ1v) is 15.5. The van der Waals surface area contributed by atoms with Crippen LogP contribution in [0.5, 0.6) is 6.01 Å². The molecule has 9 nitrogen and oxygen atoms in total. The summed E-state index contributed by atoms with van der Waals surface area (Å²) in [5, 5.41) is 12.3. The lowest BCUT2D eigenvalue weighted by Gasteiger charge is -2.42. The van der Waals surface area contributed by atoms with Crippen molar-refractivity contribution in [1.82, 2.24) is 19.8 Å². The SMILES string of the molecule is C=C(F)C(=O)N1CCN(c2nc(OC[C@@H]3CC(C)CN3C)nc3c2CCN(c2cccc4cccc(Cl)c24)C3)C[C@@H]1CC#N. The van der Waals surface area contributed by atoms with Gasteiger partial charge in [-0.2, -0.15) is 15.2 Å². The molecule has 1 unspecified atom stereocenters. The van der Waals surface area contributed by atoms with Gasteiger partial charge in [-0.1, -0.05) is 49.4 Å². The Labute approximate surface area is 262 Å². The molecule has 2 saturated heterocycles. The van der Waals surface area contributed by atoms with Gasteiger partial charge >= 0.3 is 6.01 Å². The molecule has 0 N–H and O–H groups in total. The van der Waals surface area contributed by atoms with Crippen molar-refractivity contribution in [2.75, 3.05) is 56.2 Å². The summed E-state index contributed by atoms with van der Waals surface area (Å²) in [5.74, 6) is -0.428. The Kier molecular flexibility index (Phi) is 8.61. The third-order valence-electron chi connectivity index (χ3n) is 9.10. The van der Waals surface area contributed by atoms with Crippen LogP contribution in [-0.4, -0.2) is 84.1 Å². The molecule has 44 heavy (non-hydrogen) atoms. The summed E-state index contributed by atoms with van der Waals surface area (Å²) >= 11 is 6.69. The van der Waals surface area contributed by atoms with E-state index in [1.54, 1.807) is 0 Å². The first-order valence-electron chi connectivity index (χ1n) is 15.2. The molecular weight excluding hydrogens is 581 g/mol. The van der Waals surface area contributed by atoms with Crippen LogP contribution < -0.4 is 14.5 Å². The number of hydrogen-bond donors (Lipinski definition) is 0. The van der Waals surface area contributed by atoms with Crippen molar-refractivity contribution in [3.8, 4) is 12.1 Å². The lowest BCUT2D eigenvalue weighted by Crippen LogP contribution is -2.55. The molecular formula is C33H37ClFN7O2. The Bertz CT molecular complexity index is 1620. The van der Waals surface area contributed by atoms with Gasteiger partial charge in [0.2, 0.25) is 0 Å². The molecule has 11 heteroatoms. The van der Waals surface area contributed by atoms with E-state index in [0.29, 0.717) is 49.6 Å². The average molecular weight is 618 g/mol. The van der Waals surface area contributed by atoms with Crippen molar-refractivity contribution in [2.24, 2.45) is 5.92 Å². The summed E-state index contributed by atoms with van der Waals surface area (Å²) in [6.45, 7) is 9.28. The Morgan fingerprint density at radius 2 is 1.93 bits per heavy atom. The standard InChI is InChI=1S/C33H37ClFN7O2/c1-21-16-25(39(3)17-21)20-44-33-37-28-19-40(29-9-5-7-23-6-4-8-27(34)30(23)29)13-11-26(28)31(38-33)41-14-15-42(32(43)22(2)35)24(18-41)10-12-36/h4-9,21,24-25H,2,10-11,13-20H2,1,3H3/t21?,24-,25-/m0/s1. The third kappa shape index (κ3) is 5.91. The van der Waals surface area contributed by atoms with Crippen LogP contribution in [0.4, 0.5) is 15.9 Å². The zero-order valence-corrected chi connectivity index (χ0v) is 25.9. The number of hydrogen-bond acceptors (Lipinski definition) is 8. The van der Waals surface area contributed by atoms with Gasteiger partial charge in [-0.25, -0.2) is 4.39 Å². The highest BCUT2D eigenvalue weighted by molar-refractivity contribution is 6.36. The molecule has 230 valence electrons. The number of benzene rings is 2. The third-order valence-corrected chi connectivity index (χ3v) is 9.41. The van der Waals surface area contributed by atoms with Crippen molar-refractivity contribution in [2.45, 2.75) is 44.8 Å². The van der Waals surface area contributed by atoms with Gasteiger partial charge < -0.3 is 19.4 Å². The number of amides is 1. The number of fused-ring (bicyclic) bond motifs is 2. The summed E-state index contributed by atoms with van der Waals surface area (Å²) in [7, 11) is 2.12. The van der Waals surface area contributed by atoms with E-state index in [0.717, 1.165) is 53.0 Å². The molecule has 6 rings (SSSR count). The van der Waals surface area contributed by atoms with Crippen LogP contribution in [0.3, 0.4) is 0 Å². The van der Waals surface area contributed by atoms with Crippen LogP contribution in [0.2, 0.25) is 5.02 Å². The molecule has 3 aliphatic heterocycles. The van der Waals surface area contributed by atoms with Gasteiger partial charge in [0.25, 0.3) is 5.91 Å². The fourth-order valence-electron chi connectivity index (χ4n) is 6.94. The maximum Gasteiger partial charge on any atom is 0.318 e. The summed E-state index contributed by atoms with van der Waals surface area (Å²) in [5.41, 5.74) is 2.95. The number of likely N-dealkylation sites (tertiary alicyclic amines) is 1. The quantitative estimate of drug-likeness (QED) is 0.343. The number of nitrogens with zero attached hydrogens (tertiary/aromatic N) is 7. The van der Waals surface area contributed by atoms with E-state index in [-0.39, 0.29) is 19.0 Å². The van der Waals surface area contributed by atoms with Crippen molar-refractivity contribution in [3.05, 3.63) is 65.1 Å². The zero-order valence-electron chi connectivity index (χ0n) is 25.2. The second kappa shape index (κ2) is 12.6. The zero-order chi connectivity index (χ0) is 31.0. The number of rotatable bonds is 7. The van der Waals surface area contributed by atoms with Gasteiger partial charge in [0.1, 0.15) is 12.4 Å². The smallest absolute Gasteiger partial charge is 0.318 e. The summed E-state index contributed by atoms with van der Waals surface area (Å²) in [6.07, 6.45) is 1.82. The van der Waals surface area contributed by atoms with Gasteiger partial charge in [0, 0.05) is 55.4 Å². The largest absolute Gasteiger partial charge is 0.462 e. The number of carbonyl (C=O) groups is 1. The monoisotopic (exact) mass is 617 g/mol. The second-order valence-electron chi connectivity index (χ2n) is 12.2. The summed E-state index contributed by atoms with van der Waals surface area (Å²) in [6, 6.07) is 14.4. The maximum atomic E-state index is 13.8. The van der Waals surface area contributed by atoms with Crippen LogP contribution in [0.25, 0.3) is 10.8 Å². The average Bonchev–Trinajstić information content (AvgIpc) is 3.35. The normalized spacial score (nSPS) is 22.2. The van der Waals surface area contributed by atoms with Gasteiger partial charge in [0.05, 0.1) is 35.8 Å². The molecule has 0 spiro atoms. The number of ether oxygens (including phenoxy) is 1. The molecule has 2 aromatic carbocycles. The van der Waals surface area contributed by atoms with E-state index in [2.05, 4.69) is 59.5 Å². The summed E-state index contributed by atoms with van der Waals surface area (Å²) in [4.78, 5) is 30.5. The van der Waals surface area contributed by atoms with Crippen LogP contribution in [0.15, 0.2) is 48.8 Å². The molecule has 1 amide bonds. The molecule has 2 fully saturated rings. The number of aromatic nitrogens is 2. The van der Waals surface area contributed by atoms with Crippen molar-refractivity contribution >= 4 is 39.8 Å². The highest BCUT2D eigenvalue weighted by Gasteiger charge is 2.35. The Morgan fingerprint density at radius 3 is 2.66 bits per heavy atom. The first kappa shape index (κ1) is 30.1. The molecule has 0 aliphatic carbocycles. The first-order chi connectivity index (χ1) is 21.2. The van der Waals surface area contributed by atoms with Crippen molar-refractivity contribution in [3.63, 3.8) is 0 Å². The minimum atomic E-state index is -1.02. The highest BCUT2D eigenvalue weighted by atomic mass is 35.5. The van der Waals surface area contributed by atoms with Crippen molar-refractivity contribution < 1.29 is 13.9 Å². The van der Waals surface area contributed by atoms with E-state index in [1.165, 1.54) is 4.90 Å². The Hall–Kier alpha value is -3.94. The highest BCUT2D eigenvalue weighted by Crippen LogP contribution is 2.37. The number of carbonyl (C=O) groups excluding carboxylic acids is 1. The predicted octanol–water partition coefficient (Wildman–Crippen LogP) is 4.98. The van der Waals surface area contributed by atoms with Gasteiger partial charge in [-0.05, 0) is 43.3 Å². The minimum absolute atomic E-state index is 0.0774. The Balaban J connectivity index is 1.34. The fraction of sp³-hybridized carbons (Fsp3) is 0.455. The van der Waals surface area contributed by atoms with E-state index in [1.807, 2.05) is 18.2 Å². The van der Waals surface area contributed by atoms with Gasteiger partial charge in [0.15, 0.2) is 5.83 Å². The van der Waals surface area contributed by atoms with Crippen LogP contribution in [-0.2, 0) is 17.8 Å². The molecule has 0 bridgehead atoms. The lowest BCUT2D eigenvalue weighted by molar-refractivity contribution is -0.131. The lowest BCUT2D eigenvalue weighted by atomic mass is 10.0. The van der Waals surface area contributed by atoms with E-state index < -0.39 is 17.8 Å². The Morgan fingerprint density at radius 1 is 1.14 bits per heavy atom. The predicted molar refractivity (Wildman–Crippen MR) is 170 cm³/mol. The minimum Gasteiger partial charge on any atom is -0.462 e. The van der Waals surface area contributed by atoms with E-state index >= 15 is 0 Å². The van der Waals surface area contributed by atoms with Gasteiger partial charge in [-0.3, -0.25) is 9.69 Å². The van der Waals surface area contributed by atoms with Gasteiger partial charge in [-0.15, -0.1) is 0 Å². The number of likely N-dealkylation sites (N-methyl/N-ethyl adjacent to an activating group) is 1. The maximum absolute atomic E-state index is 13.8. The molecule has 3 atom stereocenters. The molecule has 1 aromatic heterocycles. The van der Waals surface area contributed by atoms with Crippen molar-refractivity contribution in [1.29, 1.82) is 5.26 Å². The number of halogens is 2. The topological polar surface area (TPSA) is 88.8 Å². The summed E-state index contributed by atoms with van der Waals surface area (Å²) < 4.78 is 20.1. The number of anilines is 2. The van der Waals surface area contributed by atoms with Crippen LogP contribution in [0.1, 0.15) is 31.0 Å². The van der Waals surface area contributed by atoms with E-state index in [9.17, 15) is 14.4 Å². The van der Waals surface area contributed by atoms with Crippen LogP contribution >= 0.6 is 11.6 Å². The van der Waals surface area contributed by atoms with E-state index in [4.69, 9.17) is 26.3 Å². The fourth-order valence-corrected chi connectivity index (χ4v) is 7.22. The molecule has 0 radical (unpaired) electrons. The number of nitriles is 1. The molecule has 3 aliphatic rings.